The predicted octanol–water partition coefficient (Wildman–Crippen LogP) is 2.74. The highest BCUT2D eigenvalue weighted by Gasteiger charge is 2.25. The zero-order valence-electron chi connectivity index (χ0n) is 15.9. The molecule has 1 aliphatic heterocycles. The Balaban J connectivity index is 1.66. The molecule has 0 bridgehead atoms. The molecule has 1 aromatic carbocycles. The molecule has 0 aliphatic carbocycles. The fourth-order valence-electron chi connectivity index (χ4n) is 3.25. The average molecular weight is 388 g/mol. The van der Waals surface area contributed by atoms with Crippen LogP contribution in [0, 0.1) is 13.8 Å². The summed E-state index contributed by atoms with van der Waals surface area (Å²) in [5.41, 5.74) is 4.19. The van der Waals surface area contributed by atoms with Crippen molar-refractivity contribution in [2.75, 3.05) is 29.9 Å². The van der Waals surface area contributed by atoms with Crippen LogP contribution in [0.5, 0.6) is 0 Å². The topological polar surface area (TPSA) is 79.4 Å². The summed E-state index contributed by atoms with van der Waals surface area (Å²) in [6, 6.07) is 9.85. The molecule has 1 atom stereocenters. The van der Waals surface area contributed by atoms with Gasteiger partial charge < -0.3 is 10.2 Å². The molecule has 3 rings (SSSR count). The molecule has 1 saturated heterocycles. The van der Waals surface area contributed by atoms with Crippen LogP contribution in [0.1, 0.15) is 40.0 Å². The molecule has 144 valence electrons. The van der Waals surface area contributed by atoms with Gasteiger partial charge in [-0.25, -0.2) is 13.4 Å². The van der Waals surface area contributed by atoms with E-state index in [0.29, 0.717) is 11.4 Å². The molecule has 1 amide bonds. The minimum Gasteiger partial charge on any atom is -0.364 e. The lowest BCUT2D eigenvalue weighted by Gasteiger charge is -2.26. The van der Waals surface area contributed by atoms with Gasteiger partial charge >= 0.3 is 0 Å². The molecule has 6 nitrogen and oxygen atoms in total. The van der Waals surface area contributed by atoms with Crippen LogP contribution in [0.15, 0.2) is 36.5 Å². The second-order valence-electron chi connectivity index (χ2n) is 7.03. The smallest absolute Gasteiger partial charge is 0.255 e. The summed E-state index contributed by atoms with van der Waals surface area (Å²) < 4.78 is 23.0. The van der Waals surface area contributed by atoms with Gasteiger partial charge in [0.1, 0.15) is 5.82 Å². The minimum absolute atomic E-state index is 0.0270. The number of aryl methyl sites for hydroxylation is 1. The number of carbonyl (C=O) groups excluding carboxylic acids is 1. The predicted molar refractivity (Wildman–Crippen MR) is 107 cm³/mol. The van der Waals surface area contributed by atoms with E-state index in [4.69, 9.17) is 0 Å². The van der Waals surface area contributed by atoms with Gasteiger partial charge in [0.05, 0.1) is 23.1 Å². The van der Waals surface area contributed by atoms with E-state index in [-0.39, 0.29) is 36.5 Å². The Morgan fingerprint density at radius 3 is 2.48 bits per heavy atom. The Kier molecular flexibility index (Phi) is 5.51. The second kappa shape index (κ2) is 7.68. The zero-order chi connectivity index (χ0) is 19.6. The molecule has 1 unspecified atom stereocenters. The van der Waals surface area contributed by atoms with Crippen molar-refractivity contribution in [3.8, 4) is 0 Å². The number of rotatable bonds is 4. The SMILES string of the molecule is Cc1cccc(C(C)Nc2ccc(C(=O)N3CCS(=O)(=O)CC3)cn2)c1C. The number of nitrogens with one attached hydrogen (secondary N) is 1. The molecule has 2 heterocycles. The van der Waals surface area contributed by atoms with Gasteiger partial charge in [0.25, 0.3) is 5.91 Å². The van der Waals surface area contributed by atoms with Gasteiger partial charge in [0.15, 0.2) is 9.84 Å². The van der Waals surface area contributed by atoms with Crippen molar-refractivity contribution in [3.63, 3.8) is 0 Å². The number of benzene rings is 1. The molecule has 7 heteroatoms. The number of amides is 1. The second-order valence-corrected chi connectivity index (χ2v) is 9.33. The molecular formula is C20H25N3O3S. The summed E-state index contributed by atoms with van der Waals surface area (Å²) in [5.74, 6) is 0.575. The van der Waals surface area contributed by atoms with Crippen LogP contribution in [0.25, 0.3) is 0 Å². The van der Waals surface area contributed by atoms with Crippen molar-refractivity contribution in [1.29, 1.82) is 0 Å². The van der Waals surface area contributed by atoms with Crippen LogP contribution >= 0.6 is 0 Å². The zero-order valence-corrected chi connectivity index (χ0v) is 16.7. The van der Waals surface area contributed by atoms with Crippen molar-refractivity contribution in [2.45, 2.75) is 26.8 Å². The molecule has 2 aromatic rings. The Bertz CT molecular complexity index is 925. The van der Waals surface area contributed by atoms with E-state index in [1.807, 2.05) is 6.07 Å². The maximum absolute atomic E-state index is 12.5. The first-order valence-electron chi connectivity index (χ1n) is 9.05. The average Bonchev–Trinajstić information content (AvgIpc) is 2.64. The van der Waals surface area contributed by atoms with Gasteiger partial charge in [-0.2, -0.15) is 0 Å². The van der Waals surface area contributed by atoms with Crippen LogP contribution < -0.4 is 5.32 Å². The first kappa shape index (κ1) is 19.4. The highest BCUT2D eigenvalue weighted by Crippen LogP contribution is 2.23. The first-order chi connectivity index (χ1) is 12.8. The summed E-state index contributed by atoms with van der Waals surface area (Å²) in [4.78, 5) is 18.5. The molecule has 1 aliphatic rings. The van der Waals surface area contributed by atoms with Crippen LogP contribution in [-0.4, -0.2) is 48.8 Å². The normalized spacial score (nSPS) is 17.4. The standard InChI is InChI=1S/C20H25N3O3S/c1-14-5-4-6-18(15(14)2)16(3)22-19-8-7-17(13-21-19)20(24)23-9-11-27(25,26)12-10-23/h4-8,13,16H,9-12H2,1-3H3,(H,21,22). The molecule has 0 radical (unpaired) electrons. The summed E-state index contributed by atoms with van der Waals surface area (Å²) in [6.45, 7) is 6.76. The van der Waals surface area contributed by atoms with Gasteiger partial charge in [-0.05, 0) is 49.6 Å². The van der Waals surface area contributed by atoms with E-state index in [1.165, 1.54) is 16.7 Å². The van der Waals surface area contributed by atoms with Crippen LogP contribution in [0.2, 0.25) is 0 Å². The summed E-state index contributed by atoms with van der Waals surface area (Å²) in [6.07, 6.45) is 1.55. The summed E-state index contributed by atoms with van der Waals surface area (Å²) in [5, 5.41) is 3.37. The lowest BCUT2D eigenvalue weighted by molar-refractivity contribution is 0.0770. The van der Waals surface area contributed by atoms with E-state index < -0.39 is 9.84 Å². The lowest BCUT2D eigenvalue weighted by Crippen LogP contribution is -2.43. The van der Waals surface area contributed by atoms with E-state index in [2.05, 4.69) is 43.2 Å². The van der Waals surface area contributed by atoms with Gasteiger partial charge in [-0.1, -0.05) is 18.2 Å². The van der Waals surface area contributed by atoms with Crippen molar-refractivity contribution in [1.82, 2.24) is 9.88 Å². The monoisotopic (exact) mass is 387 g/mol. The molecule has 0 saturated carbocycles. The van der Waals surface area contributed by atoms with Gasteiger partial charge in [-0.15, -0.1) is 0 Å². The minimum atomic E-state index is -3.00. The van der Waals surface area contributed by atoms with Gasteiger partial charge in [0.2, 0.25) is 0 Å². The Morgan fingerprint density at radius 1 is 1.15 bits per heavy atom. The highest BCUT2D eigenvalue weighted by molar-refractivity contribution is 7.91. The number of anilines is 1. The number of pyridine rings is 1. The Labute approximate surface area is 160 Å². The molecule has 0 spiro atoms. The quantitative estimate of drug-likeness (QED) is 0.873. The van der Waals surface area contributed by atoms with Crippen LogP contribution in [0.3, 0.4) is 0 Å². The molecule has 1 fully saturated rings. The van der Waals surface area contributed by atoms with Crippen molar-refractivity contribution in [3.05, 3.63) is 58.8 Å². The number of sulfone groups is 1. The molecule has 1 N–H and O–H groups in total. The number of hydrogen-bond donors (Lipinski definition) is 1. The largest absolute Gasteiger partial charge is 0.364 e. The first-order valence-corrected chi connectivity index (χ1v) is 10.9. The lowest BCUT2D eigenvalue weighted by atomic mass is 9.98. The highest BCUT2D eigenvalue weighted by atomic mass is 32.2. The van der Waals surface area contributed by atoms with Crippen LogP contribution in [0.4, 0.5) is 5.82 Å². The molecule has 27 heavy (non-hydrogen) atoms. The summed E-state index contributed by atoms with van der Waals surface area (Å²) >= 11 is 0. The maximum atomic E-state index is 12.5. The van der Waals surface area contributed by atoms with Gasteiger partial charge in [-0.3, -0.25) is 4.79 Å². The third-order valence-corrected chi connectivity index (χ3v) is 6.73. The number of hydrogen-bond acceptors (Lipinski definition) is 5. The third kappa shape index (κ3) is 4.47. The van der Waals surface area contributed by atoms with E-state index in [9.17, 15) is 13.2 Å². The summed E-state index contributed by atoms with van der Waals surface area (Å²) in [7, 11) is -3.00. The van der Waals surface area contributed by atoms with Gasteiger partial charge in [0, 0.05) is 19.3 Å². The fraction of sp³-hybridized carbons (Fsp3) is 0.400. The fourth-order valence-corrected chi connectivity index (χ4v) is 4.45. The Morgan fingerprint density at radius 2 is 1.85 bits per heavy atom. The van der Waals surface area contributed by atoms with E-state index >= 15 is 0 Å². The molecule has 1 aromatic heterocycles. The van der Waals surface area contributed by atoms with Crippen molar-refractivity contribution < 1.29 is 13.2 Å². The van der Waals surface area contributed by atoms with Crippen LogP contribution in [-0.2, 0) is 9.84 Å². The Hall–Kier alpha value is -2.41. The number of aromatic nitrogens is 1. The number of carbonyl (C=O) groups is 1. The number of nitrogens with zero attached hydrogens (tertiary/aromatic N) is 2. The van der Waals surface area contributed by atoms with Crippen molar-refractivity contribution >= 4 is 21.6 Å². The third-order valence-electron chi connectivity index (χ3n) is 5.12. The molecular weight excluding hydrogens is 362 g/mol. The van der Waals surface area contributed by atoms with E-state index in [0.717, 1.165) is 0 Å². The van der Waals surface area contributed by atoms with E-state index in [1.54, 1.807) is 23.2 Å². The van der Waals surface area contributed by atoms with Crippen molar-refractivity contribution in [2.24, 2.45) is 0 Å². The maximum Gasteiger partial charge on any atom is 0.255 e.